The van der Waals surface area contributed by atoms with E-state index in [9.17, 15) is 35.5 Å². The van der Waals surface area contributed by atoms with Gasteiger partial charge in [-0.1, -0.05) is 40.2 Å². The molecule has 0 amide bonds. The Morgan fingerprint density at radius 1 is 1.00 bits per heavy atom. The Morgan fingerprint density at radius 3 is 2.04 bits per heavy atom. The van der Waals surface area contributed by atoms with Gasteiger partial charge in [-0.2, -0.15) is 26.3 Å². The van der Waals surface area contributed by atoms with Gasteiger partial charge < -0.3 is 0 Å². The number of carbonyl (C=O) groups excluding carboxylic acids is 1. The standard InChI is InChI=1S/C19H12BrF7O/c1-10(28)14-7-4-12(8-16(14)19(25,26)27)17(21)9-15(18(22,23)24)11-2-5-13(20)6-3-11/h2-9,15H,1H3/b17-9-. The number of allylic oxidation sites excluding steroid dienone is 1. The summed E-state index contributed by atoms with van der Waals surface area (Å²) in [7, 11) is 0. The lowest BCUT2D eigenvalue weighted by molar-refractivity contribution is -0.140. The first kappa shape index (κ1) is 22.1. The second kappa shape index (κ2) is 8.06. The van der Waals surface area contributed by atoms with Crippen molar-refractivity contribution in [2.45, 2.75) is 25.2 Å². The third-order valence-corrected chi connectivity index (χ3v) is 4.40. The van der Waals surface area contributed by atoms with Crippen LogP contribution in [0.2, 0.25) is 0 Å². The number of rotatable bonds is 4. The monoisotopic (exact) mass is 468 g/mol. The maximum Gasteiger partial charge on any atom is 0.417 e. The zero-order valence-corrected chi connectivity index (χ0v) is 15.7. The van der Waals surface area contributed by atoms with Gasteiger partial charge in [-0.3, -0.25) is 4.79 Å². The van der Waals surface area contributed by atoms with Crippen molar-refractivity contribution in [3.63, 3.8) is 0 Å². The summed E-state index contributed by atoms with van der Waals surface area (Å²) in [5.74, 6) is -4.74. The molecule has 1 unspecified atom stereocenters. The first-order valence-electron chi connectivity index (χ1n) is 7.72. The molecule has 0 radical (unpaired) electrons. The highest BCUT2D eigenvalue weighted by Gasteiger charge is 2.40. The minimum Gasteiger partial charge on any atom is -0.294 e. The summed E-state index contributed by atoms with van der Waals surface area (Å²) in [5, 5.41) is 0. The Balaban J connectivity index is 2.55. The van der Waals surface area contributed by atoms with Gasteiger partial charge >= 0.3 is 12.4 Å². The van der Waals surface area contributed by atoms with Gasteiger partial charge in [-0.05, 0) is 36.8 Å². The molecule has 0 aromatic heterocycles. The molecule has 1 nitrogen and oxygen atoms in total. The Hall–Kier alpha value is -2.16. The molecule has 0 aliphatic rings. The van der Waals surface area contributed by atoms with Crippen LogP contribution in [0.25, 0.3) is 5.83 Å². The van der Waals surface area contributed by atoms with Crippen molar-refractivity contribution in [2.75, 3.05) is 0 Å². The minimum absolute atomic E-state index is 0.214. The summed E-state index contributed by atoms with van der Waals surface area (Å²) in [4.78, 5) is 11.4. The molecule has 0 aliphatic carbocycles. The summed E-state index contributed by atoms with van der Waals surface area (Å²) in [6.45, 7) is 0.906. The Kier molecular flexibility index (Phi) is 6.37. The van der Waals surface area contributed by atoms with E-state index >= 15 is 0 Å². The predicted octanol–water partition coefficient (Wildman–Crippen LogP) is 7.33. The van der Waals surface area contributed by atoms with Gasteiger partial charge in [0.25, 0.3) is 0 Å². The molecule has 0 saturated carbocycles. The summed E-state index contributed by atoms with van der Waals surface area (Å²) < 4.78 is 94.5. The first-order chi connectivity index (χ1) is 12.8. The number of ketones is 1. The van der Waals surface area contributed by atoms with Crippen LogP contribution in [0.1, 0.15) is 39.9 Å². The molecule has 0 heterocycles. The number of hydrogen-bond donors (Lipinski definition) is 0. The van der Waals surface area contributed by atoms with E-state index in [2.05, 4.69) is 15.9 Å². The number of alkyl halides is 6. The fourth-order valence-corrected chi connectivity index (χ4v) is 2.79. The highest BCUT2D eigenvalue weighted by atomic mass is 79.9. The van der Waals surface area contributed by atoms with Crippen LogP contribution in [0.15, 0.2) is 53.0 Å². The third kappa shape index (κ3) is 5.21. The molecule has 2 aromatic carbocycles. The highest BCUT2D eigenvalue weighted by Crippen LogP contribution is 2.40. The Bertz CT molecular complexity index is 896. The van der Waals surface area contributed by atoms with Crippen molar-refractivity contribution in [2.24, 2.45) is 0 Å². The van der Waals surface area contributed by atoms with Crippen LogP contribution in [0.5, 0.6) is 0 Å². The molecule has 0 spiro atoms. The maximum atomic E-state index is 14.5. The van der Waals surface area contributed by atoms with Crippen molar-refractivity contribution in [1.82, 2.24) is 0 Å². The number of carbonyl (C=O) groups is 1. The third-order valence-electron chi connectivity index (χ3n) is 3.87. The molecule has 2 rings (SSSR count). The Morgan fingerprint density at radius 2 is 1.57 bits per heavy atom. The summed E-state index contributed by atoms with van der Waals surface area (Å²) in [5.41, 5.74) is -3.08. The maximum absolute atomic E-state index is 14.5. The van der Waals surface area contributed by atoms with E-state index in [1.165, 1.54) is 12.1 Å². The van der Waals surface area contributed by atoms with E-state index in [0.717, 1.165) is 31.2 Å². The van der Waals surface area contributed by atoms with Crippen molar-refractivity contribution >= 4 is 27.5 Å². The zero-order chi connectivity index (χ0) is 21.3. The van der Waals surface area contributed by atoms with Crippen LogP contribution in [-0.2, 0) is 6.18 Å². The van der Waals surface area contributed by atoms with E-state index in [1.807, 2.05) is 0 Å². The van der Waals surface area contributed by atoms with Crippen molar-refractivity contribution in [3.05, 3.63) is 75.3 Å². The highest BCUT2D eigenvalue weighted by molar-refractivity contribution is 9.10. The second-order valence-electron chi connectivity index (χ2n) is 5.90. The molecule has 0 N–H and O–H groups in total. The van der Waals surface area contributed by atoms with Crippen molar-refractivity contribution in [3.8, 4) is 0 Å². The molecule has 150 valence electrons. The van der Waals surface area contributed by atoms with Gasteiger partial charge in [0.1, 0.15) is 11.7 Å². The van der Waals surface area contributed by atoms with Crippen LogP contribution in [0.4, 0.5) is 30.7 Å². The second-order valence-corrected chi connectivity index (χ2v) is 6.82. The number of benzene rings is 2. The van der Waals surface area contributed by atoms with E-state index in [0.29, 0.717) is 10.5 Å². The SMILES string of the molecule is CC(=O)c1ccc(/C(F)=C/C(c2ccc(Br)cc2)C(F)(F)F)cc1C(F)(F)F. The lowest BCUT2D eigenvalue weighted by Crippen LogP contribution is -2.19. The van der Waals surface area contributed by atoms with Gasteiger partial charge in [0, 0.05) is 15.6 Å². The summed E-state index contributed by atoms with van der Waals surface area (Å²) >= 11 is 3.07. The lowest BCUT2D eigenvalue weighted by atomic mass is 9.95. The molecule has 0 aliphatic heterocycles. The molecular weight excluding hydrogens is 457 g/mol. The van der Waals surface area contributed by atoms with Gasteiger partial charge in [0.2, 0.25) is 0 Å². The summed E-state index contributed by atoms with van der Waals surface area (Å²) in [6.07, 6.45) is -9.62. The topological polar surface area (TPSA) is 17.1 Å². The fourth-order valence-electron chi connectivity index (χ4n) is 2.53. The van der Waals surface area contributed by atoms with Gasteiger partial charge in [0.15, 0.2) is 5.78 Å². The molecule has 0 saturated heterocycles. The predicted molar refractivity (Wildman–Crippen MR) is 93.5 cm³/mol. The quantitative estimate of drug-likeness (QED) is 0.339. The molecule has 2 aromatic rings. The average molecular weight is 469 g/mol. The van der Waals surface area contributed by atoms with E-state index in [-0.39, 0.29) is 11.6 Å². The molecule has 28 heavy (non-hydrogen) atoms. The molecule has 0 bridgehead atoms. The fraction of sp³-hybridized carbons (Fsp3) is 0.211. The largest absolute Gasteiger partial charge is 0.417 e. The molecule has 0 fully saturated rings. The van der Waals surface area contributed by atoms with Crippen LogP contribution >= 0.6 is 15.9 Å². The lowest BCUT2D eigenvalue weighted by Gasteiger charge is -2.18. The van der Waals surface area contributed by atoms with Crippen LogP contribution in [0, 0.1) is 0 Å². The zero-order valence-electron chi connectivity index (χ0n) is 14.1. The molecule has 1 atom stereocenters. The van der Waals surface area contributed by atoms with Gasteiger partial charge in [0.05, 0.1) is 5.56 Å². The van der Waals surface area contributed by atoms with Gasteiger partial charge in [-0.25, -0.2) is 4.39 Å². The van der Waals surface area contributed by atoms with Crippen LogP contribution < -0.4 is 0 Å². The van der Waals surface area contributed by atoms with Crippen molar-refractivity contribution in [1.29, 1.82) is 0 Å². The van der Waals surface area contributed by atoms with E-state index < -0.39 is 46.6 Å². The minimum atomic E-state index is -4.97. The number of hydrogen-bond acceptors (Lipinski definition) is 1. The van der Waals surface area contributed by atoms with Crippen molar-refractivity contribution < 1.29 is 35.5 Å². The van der Waals surface area contributed by atoms with Crippen LogP contribution in [0.3, 0.4) is 0 Å². The normalized spacial score (nSPS) is 14.1. The van der Waals surface area contributed by atoms with Gasteiger partial charge in [-0.15, -0.1) is 0 Å². The number of halogens is 8. The summed E-state index contributed by atoms with van der Waals surface area (Å²) in [6, 6.07) is 6.85. The molecular formula is C19H12BrF7O. The van der Waals surface area contributed by atoms with E-state index in [1.54, 1.807) is 0 Å². The molecule has 9 heteroatoms. The average Bonchev–Trinajstić information content (AvgIpc) is 2.58. The smallest absolute Gasteiger partial charge is 0.294 e. The first-order valence-corrected chi connectivity index (χ1v) is 8.52. The Labute approximate surface area is 164 Å². The van der Waals surface area contributed by atoms with E-state index in [4.69, 9.17) is 0 Å². The van der Waals surface area contributed by atoms with Crippen LogP contribution in [-0.4, -0.2) is 12.0 Å². The number of Topliss-reactive ketones (excluding diaryl/α,β-unsaturated/α-hetero) is 1.